The van der Waals surface area contributed by atoms with E-state index < -0.39 is 0 Å². The van der Waals surface area contributed by atoms with Gasteiger partial charge in [-0.25, -0.2) is 0 Å². The summed E-state index contributed by atoms with van der Waals surface area (Å²) in [5, 5.41) is 3.20. The number of rotatable bonds is 7. The first-order valence-electron chi connectivity index (χ1n) is 5.74. The van der Waals surface area contributed by atoms with Crippen LogP contribution in [0.2, 0.25) is 0 Å². The average Bonchev–Trinajstić information content (AvgIpc) is 2.66. The minimum absolute atomic E-state index is 0.701. The summed E-state index contributed by atoms with van der Waals surface area (Å²) in [4.78, 5) is 4.01. The first-order valence-corrected chi connectivity index (χ1v) is 8.54. The molecular weight excluding hydrogens is 350 g/mol. The van der Waals surface area contributed by atoms with Gasteiger partial charge in [0.05, 0.1) is 0 Å². The second-order valence-electron chi connectivity index (χ2n) is 3.82. The van der Waals surface area contributed by atoms with Gasteiger partial charge in [0.25, 0.3) is 0 Å². The Hall–Kier alpha value is 0.620. The van der Waals surface area contributed by atoms with Crippen molar-refractivity contribution in [3.63, 3.8) is 0 Å². The third-order valence-electron chi connectivity index (χ3n) is 2.87. The number of thiophene rings is 1. The highest BCUT2D eigenvalue weighted by Gasteiger charge is 2.16. The largest absolute Gasteiger partial charge is 0.294 e. The zero-order valence-electron chi connectivity index (χ0n) is 9.88. The first-order chi connectivity index (χ1) is 7.72. The fourth-order valence-electron chi connectivity index (χ4n) is 1.93. The summed E-state index contributed by atoms with van der Waals surface area (Å²) in [5.41, 5.74) is 0. The van der Waals surface area contributed by atoms with Gasteiger partial charge in [0.1, 0.15) is 0 Å². The normalized spacial score (nSPS) is 11.6. The van der Waals surface area contributed by atoms with E-state index in [1.165, 1.54) is 22.2 Å². The van der Waals surface area contributed by atoms with Crippen LogP contribution in [-0.4, -0.2) is 22.8 Å². The van der Waals surface area contributed by atoms with E-state index >= 15 is 0 Å². The lowest BCUT2D eigenvalue weighted by atomic mass is 10.1. The lowest BCUT2D eigenvalue weighted by Gasteiger charge is -2.29. The molecule has 0 saturated carbocycles. The Morgan fingerprint density at radius 3 is 2.50 bits per heavy atom. The summed E-state index contributed by atoms with van der Waals surface area (Å²) in [7, 11) is 0. The molecule has 0 aliphatic heterocycles. The van der Waals surface area contributed by atoms with Crippen LogP contribution >= 0.6 is 43.2 Å². The molecule has 0 amide bonds. The zero-order valence-corrected chi connectivity index (χ0v) is 13.9. The fraction of sp³-hybridized carbons (Fsp3) is 0.667. The highest BCUT2D eigenvalue weighted by molar-refractivity contribution is 9.10. The van der Waals surface area contributed by atoms with Gasteiger partial charge in [-0.1, -0.05) is 29.8 Å². The van der Waals surface area contributed by atoms with Crippen LogP contribution in [0.15, 0.2) is 15.9 Å². The SMILES string of the molecule is CCC(CC)N(CCBr)Cc1sccc1Br. The Balaban J connectivity index is 2.67. The smallest absolute Gasteiger partial charge is 0.0342 e. The number of halogens is 2. The van der Waals surface area contributed by atoms with Gasteiger partial charge in [0, 0.05) is 33.8 Å². The van der Waals surface area contributed by atoms with Crippen LogP contribution in [0.5, 0.6) is 0 Å². The molecular formula is C12H19Br2NS. The molecule has 0 aromatic carbocycles. The van der Waals surface area contributed by atoms with E-state index in [-0.39, 0.29) is 0 Å². The molecule has 0 aliphatic carbocycles. The van der Waals surface area contributed by atoms with Crippen molar-refractivity contribution in [3.05, 3.63) is 20.8 Å². The number of hydrogen-bond donors (Lipinski definition) is 0. The van der Waals surface area contributed by atoms with Crippen LogP contribution in [0.25, 0.3) is 0 Å². The van der Waals surface area contributed by atoms with Crippen molar-refractivity contribution in [2.75, 3.05) is 11.9 Å². The van der Waals surface area contributed by atoms with E-state index in [2.05, 4.69) is 62.1 Å². The molecule has 0 spiro atoms. The van der Waals surface area contributed by atoms with E-state index in [9.17, 15) is 0 Å². The predicted molar refractivity (Wildman–Crippen MR) is 80.6 cm³/mol. The van der Waals surface area contributed by atoms with Crippen molar-refractivity contribution in [1.82, 2.24) is 4.90 Å². The van der Waals surface area contributed by atoms with Crippen LogP contribution < -0.4 is 0 Å². The molecule has 16 heavy (non-hydrogen) atoms. The highest BCUT2D eigenvalue weighted by Crippen LogP contribution is 2.25. The summed E-state index contributed by atoms with van der Waals surface area (Å²) in [6, 6.07) is 2.84. The van der Waals surface area contributed by atoms with Gasteiger partial charge in [-0.05, 0) is 40.2 Å². The van der Waals surface area contributed by atoms with Crippen molar-refractivity contribution in [3.8, 4) is 0 Å². The van der Waals surface area contributed by atoms with Gasteiger partial charge in [0.2, 0.25) is 0 Å². The predicted octanol–water partition coefficient (Wildman–Crippen LogP) is 4.90. The molecule has 0 fully saturated rings. The third kappa shape index (κ3) is 4.13. The molecule has 92 valence electrons. The lowest BCUT2D eigenvalue weighted by molar-refractivity contribution is 0.190. The van der Waals surface area contributed by atoms with E-state index in [1.807, 2.05) is 11.3 Å². The lowest BCUT2D eigenvalue weighted by Crippen LogP contribution is -2.35. The molecule has 0 aliphatic rings. The maximum Gasteiger partial charge on any atom is 0.0342 e. The van der Waals surface area contributed by atoms with E-state index in [0.717, 1.165) is 18.4 Å². The third-order valence-corrected chi connectivity index (χ3v) is 5.13. The van der Waals surface area contributed by atoms with Gasteiger partial charge >= 0.3 is 0 Å². The number of hydrogen-bond acceptors (Lipinski definition) is 2. The molecule has 0 radical (unpaired) electrons. The Morgan fingerprint density at radius 2 is 2.06 bits per heavy atom. The summed E-state index contributed by atoms with van der Waals surface area (Å²) >= 11 is 9.00. The van der Waals surface area contributed by atoms with Crippen LogP contribution in [0, 0.1) is 0 Å². The topological polar surface area (TPSA) is 3.24 Å². The van der Waals surface area contributed by atoms with Gasteiger partial charge in [0.15, 0.2) is 0 Å². The Morgan fingerprint density at radius 1 is 1.38 bits per heavy atom. The van der Waals surface area contributed by atoms with Crippen LogP contribution in [-0.2, 0) is 6.54 Å². The van der Waals surface area contributed by atoms with Gasteiger partial charge < -0.3 is 0 Å². The van der Waals surface area contributed by atoms with Crippen LogP contribution in [0.1, 0.15) is 31.6 Å². The molecule has 0 N–H and O–H groups in total. The van der Waals surface area contributed by atoms with Crippen molar-refractivity contribution < 1.29 is 0 Å². The molecule has 0 unspecified atom stereocenters. The summed E-state index contributed by atoms with van der Waals surface area (Å²) < 4.78 is 1.25. The van der Waals surface area contributed by atoms with Crippen molar-refractivity contribution in [2.45, 2.75) is 39.3 Å². The van der Waals surface area contributed by atoms with Crippen LogP contribution in [0.3, 0.4) is 0 Å². The van der Waals surface area contributed by atoms with E-state index in [0.29, 0.717) is 6.04 Å². The molecule has 0 saturated heterocycles. The average molecular weight is 369 g/mol. The first kappa shape index (κ1) is 14.7. The Kier molecular flexibility index (Phi) is 7.20. The summed E-state index contributed by atoms with van der Waals surface area (Å²) in [5.74, 6) is 0. The van der Waals surface area contributed by atoms with Crippen LogP contribution in [0.4, 0.5) is 0 Å². The quantitative estimate of drug-likeness (QED) is 0.619. The highest BCUT2D eigenvalue weighted by atomic mass is 79.9. The monoisotopic (exact) mass is 367 g/mol. The molecule has 4 heteroatoms. The summed E-state index contributed by atoms with van der Waals surface area (Å²) in [6.07, 6.45) is 2.46. The molecule has 0 bridgehead atoms. The van der Waals surface area contributed by atoms with Gasteiger partial charge in [-0.3, -0.25) is 4.90 Å². The maximum atomic E-state index is 3.61. The molecule has 0 atom stereocenters. The molecule has 1 nitrogen and oxygen atoms in total. The van der Waals surface area contributed by atoms with Gasteiger partial charge in [-0.15, -0.1) is 11.3 Å². The minimum atomic E-state index is 0.701. The number of alkyl halides is 1. The molecule has 1 heterocycles. The second kappa shape index (κ2) is 7.85. The zero-order chi connectivity index (χ0) is 12.0. The molecule has 1 aromatic rings. The molecule has 1 rings (SSSR count). The second-order valence-corrected chi connectivity index (χ2v) is 6.47. The van der Waals surface area contributed by atoms with Crippen molar-refractivity contribution in [1.29, 1.82) is 0 Å². The van der Waals surface area contributed by atoms with E-state index in [1.54, 1.807) is 0 Å². The Bertz CT molecular complexity index is 297. The van der Waals surface area contributed by atoms with Crippen molar-refractivity contribution >= 4 is 43.2 Å². The van der Waals surface area contributed by atoms with Gasteiger partial charge in [-0.2, -0.15) is 0 Å². The fourth-order valence-corrected chi connectivity index (χ4v) is 3.88. The Labute approximate surface area is 119 Å². The van der Waals surface area contributed by atoms with Crippen molar-refractivity contribution in [2.24, 2.45) is 0 Å². The van der Waals surface area contributed by atoms with E-state index in [4.69, 9.17) is 0 Å². The standard InChI is InChI=1S/C12H19Br2NS/c1-3-10(4-2)15(7-6-13)9-12-11(14)5-8-16-12/h5,8,10H,3-4,6-7,9H2,1-2H3. The number of nitrogens with zero attached hydrogens (tertiary/aromatic N) is 1. The summed E-state index contributed by atoms with van der Waals surface area (Å²) in [6.45, 7) is 6.74. The minimum Gasteiger partial charge on any atom is -0.294 e. The maximum absolute atomic E-state index is 3.61. The molecule has 1 aromatic heterocycles.